The first-order valence-corrected chi connectivity index (χ1v) is 9.76. The van der Waals surface area contributed by atoms with E-state index in [9.17, 15) is 14.7 Å². The molecule has 0 fully saturated rings. The standard InChI is InChI=1S/C19H14N2O4S2/c1-25-12-6-3-2-5-11(12)15-14(16(22)13-7-4-9-26-13)17(23)18(24)21(15)19-20-8-10-27-19/h2-10,15,23H,1H3/t15-/m0/s1. The highest BCUT2D eigenvalue weighted by Crippen LogP contribution is 2.45. The Morgan fingerprint density at radius 3 is 2.67 bits per heavy atom. The zero-order chi connectivity index (χ0) is 19.0. The molecule has 4 rings (SSSR count). The molecular weight excluding hydrogens is 384 g/mol. The minimum absolute atomic E-state index is 0.0298. The Bertz CT molecular complexity index is 1030. The normalized spacial score (nSPS) is 16.9. The van der Waals surface area contributed by atoms with Crippen LogP contribution in [0.2, 0.25) is 0 Å². The summed E-state index contributed by atoms with van der Waals surface area (Å²) in [7, 11) is 1.52. The van der Waals surface area contributed by atoms with Gasteiger partial charge in [-0.05, 0) is 17.5 Å². The molecule has 0 spiro atoms. The van der Waals surface area contributed by atoms with Crippen LogP contribution in [-0.2, 0) is 4.79 Å². The fraction of sp³-hybridized carbons (Fsp3) is 0.105. The summed E-state index contributed by atoms with van der Waals surface area (Å²) in [4.78, 5) is 32.0. The predicted octanol–water partition coefficient (Wildman–Crippen LogP) is 4.00. The lowest BCUT2D eigenvalue weighted by Gasteiger charge is -2.25. The Kier molecular flexibility index (Phi) is 4.51. The number of hydrogen-bond donors (Lipinski definition) is 1. The van der Waals surface area contributed by atoms with Gasteiger partial charge < -0.3 is 9.84 Å². The molecule has 0 radical (unpaired) electrons. The number of Topliss-reactive ketones (excluding diaryl/α,β-unsaturated/α-hetero) is 1. The smallest absolute Gasteiger partial charge is 0.296 e. The second-order valence-electron chi connectivity index (χ2n) is 5.70. The lowest BCUT2D eigenvalue weighted by Crippen LogP contribution is -2.31. The molecule has 136 valence electrons. The molecule has 1 atom stereocenters. The van der Waals surface area contributed by atoms with Crippen molar-refractivity contribution in [2.75, 3.05) is 12.0 Å². The minimum Gasteiger partial charge on any atom is -0.503 e. The molecule has 0 saturated heterocycles. The van der Waals surface area contributed by atoms with Crippen LogP contribution >= 0.6 is 22.7 Å². The van der Waals surface area contributed by atoms with Gasteiger partial charge >= 0.3 is 0 Å². The quantitative estimate of drug-likeness (QED) is 0.657. The maximum Gasteiger partial charge on any atom is 0.296 e. The molecule has 2 aromatic heterocycles. The van der Waals surface area contributed by atoms with E-state index in [-0.39, 0.29) is 11.4 Å². The summed E-state index contributed by atoms with van der Waals surface area (Å²) in [6.07, 6.45) is 1.57. The van der Waals surface area contributed by atoms with E-state index in [1.54, 1.807) is 53.4 Å². The van der Waals surface area contributed by atoms with Crippen LogP contribution in [0.4, 0.5) is 5.13 Å². The molecule has 1 aromatic carbocycles. The Balaban J connectivity index is 1.92. The van der Waals surface area contributed by atoms with E-state index in [2.05, 4.69) is 4.98 Å². The first kappa shape index (κ1) is 17.4. The van der Waals surface area contributed by atoms with Gasteiger partial charge in [0, 0.05) is 17.1 Å². The number of rotatable bonds is 5. The summed E-state index contributed by atoms with van der Waals surface area (Å²) in [6.45, 7) is 0. The van der Waals surface area contributed by atoms with Gasteiger partial charge in [0.25, 0.3) is 5.91 Å². The number of thiazole rings is 1. The highest BCUT2D eigenvalue weighted by atomic mass is 32.1. The molecule has 1 aliphatic rings. The molecule has 1 amide bonds. The number of anilines is 1. The molecular formula is C19H14N2O4S2. The molecule has 6 nitrogen and oxygen atoms in total. The number of hydrogen-bond acceptors (Lipinski definition) is 7. The van der Waals surface area contributed by atoms with Crippen LogP contribution in [0.1, 0.15) is 21.3 Å². The van der Waals surface area contributed by atoms with Crippen molar-refractivity contribution in [3.05, 3.63) is 75.1 Å². The van der Waals surface area contributed by atoms with Crippen LogP contribution in [0.5, 0.6) is 5.75 Å². The minimum atomic E-state index is -0.825. The third-order valence-corrected chi connectivity index (χ3v) is 5.90. The number of carbonyl (C=O) groups is 2. The average molecular weight is 398 g/mol. The van der Waals surface area contributed by atoms with E-state index >= 15 is 0 Å². The number of amides is 1. The summed E-state index contributed by atoms with van der Waals surface area (Å²) in [5.41, 5.74) is 0.634. The van der Waals surface area contributed by atoms with Crippen molar-refractivity contribution in [1.29, 1.82) is 0 Å². The number of aliphatic hydroxyl groups excluding tert-OH is 1. The number of nitrogens with zero attached hydrogens (tertiary/aromatic N) is 2. The van der Waals surface area contributed by atoms with Gasteiger partial charge in [-0.3, -0.25) is 14.5 Å². The van der Waals surface area contributed by atoms with Crippen LogP contribution in [0, 0.1) is 0 Å². The van der Waals surface area contributed by atoms with Crippen molar-refractivity contribution in [1.82, 2.24) is 4.98 Å². The van der Waals surface area contributed by atoms with Crippen molar-refractivity contribution in [3.8, 4) is 5.75 Å². The van der Waals surface area contributed by atoms with Gasteiger partial charge in [0.2, 0.25) is 5.78 Å². The number of methoxy groups -OCH3 is 1. The number of para-hydroxylation sites is 1. The number of aromatic nitrogens is 1. The molecule has 1 aliphatic heterocycles. The van der Waals surface area contributed by atoms with Crippen LogP contribution in [0.3, 0.4) is 0 Å². The number of aliphatic hydroxyl groups is 1. The SMILES string of the molecule is COc1ccccc1[C@H]1C(C(=O)c2cccs2)=C(O)C(=O)N1c1nccs1. The second-order valence-corrected chi connectivity index (χ2v) is 7.52. The van der Waals surface area contributed by atoms with Crippen molar-refractivity contribution >= 4 is 39.5 Å². The average Bonchev–Trinajstić information content (AvgIpc) is 3.43. The molecule has 8 heteroatoms. The number of ketones is 1. The Morgan fingerprint density at radius 1 is 1.19 bits per heavy atom. The molecule has 0 unspecified atom stereocenters. The van der Waals surface area contributed by atoms with E-state index in [0.717, 1.165) is 0 Å². The van der Waals surface area contributed by atoms with Gasteiger partial charge in [0.05, 0.1) is 17.6 Å². The molecule has 27 heavy (non-hydrogen) atoms. The number of thiophene rings is 1. The topological polar surface area (TPSA) is 79.7 Å². The number of ether oxygens (including phenoxy) is 1. The molecule has 0 bridgehead atoms. The lowest BCUT2D eigenvalue weighted by molar-refractivity contribution is -0.117. The Hall–Kier alpha value is -2.97. The lowest BCUT2D eigenvalue weighted by atomic mass is 9.95. The number of carbonyl (C=O) groups excluding carboxylic acids is 2. The summed E-state index contributed by atoms with van der Waals surface area (Å²) < 4.78 is 5.44. The molecule has 3 heterocycles. The summed E-state index contributed by atoms with van der Waals surface area (Å²) in [5, 5.41) is 14.5. The van der Waals surface area contributed by atoms with Crippen molar-refractivity contribution in [2.45, 2.75) is 6.04 Å². The second kappa shape index (κ2) is 6.98. The van der Waals surface area contributed by atoms with E-state index in [1.165, 1.54) is 34.7 Å². The molecule has 1 N–H and O–H groups in total. The maximum atomic E-state index is 13.1. The van der Waals surface area contributed by atoms with E-state index in [1.807, 2.05) is 0 Å². The van der Waals surface area contributed by atoms with Crippen LogP contribution in [0.15, 0.2) is 64.7 Å². The van der Waals surface area contributed by atoms with Gasteiger partial charge in [-0.25, -0.2) is 4.98 Å². The molecule has 3 aromatic rings. The highest BCUT2D eigenvalue weighted by Gasteiger charge is 2.46. The van der Waals surface area contributed by atoms with E-state index in [0.29, 0.717) is 21.3 Å². The van der Waals surface area contributed by atoms with Crippen molar-refractivity contribution in [3.63, 3.8) is 0 Å². The maximum absolute atomic E-state index is 13.1. The number of benzene rings is 1. The summed E-state index contributed by atoms with van der Waals surface area (Å²) in [5.74, 6) is -1.07. The monoisotopic (exact) mass is 398 g/mol. The van der Waals surface area contributed by atoms with Crippen LogP contribution in [-0.4, -0.2) is 28.9 Å². The third-order valence-electron chi connectivity index (χ3n) is 4.26. The van der Waals surface area contributed by atoms with Crippen molar-refractivity contribution in [2.24, 2.45) is 0 Å². The Labute approximate surface area is 163 Å². The van der Waals surface area contributed by atoms with Crippen LogP contribution < -0.4 is 9.64 Å². The van der Waals surface area contributed by atoms with Gasteiger partial charge in [-0.2, -0.15) is 0 Å². The molecule has 0 saturated carbocycles. The summed E-state index contributed by atoms with van der Waals surface area (Å²) in [6, 6.07) is 9.73. The van der Waals surface area contributed by atoms with E-state index in [4.69, 9.17) is 4.74 Å². The largest absolute Gasteiger partial charge is 0.503 e. The van der Waals surface area contributed by atoms with Gasteiger partial charge in [0.15, 0.2) is 10.9 Å². The zero-order valence-electron chi connectivity index (χ0n) is 14.2. The molecule has 0 aliphatic carbocycles. The highest BCUT2D eigenvalue weighted by molar-refractivity contribution is 7.14. The van der Waals surface area contributed by atoms with Gasteiger partial charge in [0.1, 0.15) is 11.8 Å². The van der Waals surface area contributed by atoms with Gasteiger partial charge in [-0.1, -0.05) is 24.3 Å². The summed E-state index contributed by atoms with van der Waals surface area (Å²) >= 11 is 2.51. The van der Waals surface area contributed by atoms with Crippen molar-refractivity contribution < 1.29 is 19.4 Å². The Morgan fingerprint density at radius 2 is 2.00 bits per heavy atom. The fourth-order valence-electron chi connectivity index (χ4n) is 3.10. The van der Waals surface area contributed by atoms with Crippen LogP contribution in [0.25, 0.3) is 0 Å². The fourth-order valence-corrected chi connectivity index (χ4v) is 4.44. The zero-order valence-corrected chi connectivity index (χ0v) is 15.8. The van der Waals surface area contributed by atoms with E-state index < -0.39 is 17.7 Å². The van der Waals surface area contributed by atoms with Gasteiger partial charge in [-0.15, -0.1) is 22.7 Å². The first-order chi connectivity index (χ1) is 13.1. The first-order valence-electron chi connectivity index (χ1n) is 8.00. The predicted molar refractivity (Wildman–Crippen MR) is 104 cm³/mol. The third kappa shape index (κ3) is 2.83.